The van der Waals surface area contributed by atoms with E-state index in [4.69, 9.17) is 9.47 Å². The molecule has 1 heterocycles. The van der Waals surface area contributed by atoms with Crippen molar-refractivity contribution in [1.29, 1.82) is 0 Å². The highest BCUT2D eigenvalue weighted by molar-refractivity contribution is 5.75. The van der Waals surface area contributed by atoms with E-state index in [1.807, 2.05) is 48.5 Å². The maximum absolute atomic E-state index is 12.4. The number of hydrogen-bond acceptors (Lipinski definition) is 5. The van der Waals surface area contributed by atoms with Gasteiger partial charge in [-0.15, -0.1) is 0 Å². The number of benzene rings is 3. The van der Waals surface area contributed by atoms with E-state index >= 15 is 0 Å². The van der Waals surface area contributed by atoms with Gasteiger partial charge in [0.25, 0.3) is 0 Å². The number of carbonyl (C=O) groups is 1. The van der Waals surface area contributed by atoms with E-state index in [9.17, 15) is 4.79 Å². The lowest BCUT2D eigenvalue weighted by atomic mass is 9.99. The van der Waals surface area contributed by atoms with Gasteiger partial charge in [0, 0.05) is 39.3 Å². The first-order valence-electron chi connectivity index (χ1n) is 12.5. The number of carbonyl (C=O) groups excluding carboxylic acids is 1. The summed E-state index contributed by atoms with van der Waals surface area (Å²) < 4.78 is 10.9. The molecule has 0 radical (unpaired) electrons. The Morgan fingerprint density at radius 1 is 0.861 bits per heavy atom. The molecular weight excluding hydrogens is 452 g/mol. The molecule has 7 heteroatoms. The Morgan fingerprint density at radius 3 is 2.36 bits per heavy atom. The minimum absolute atomic E-state index is 0.155. The second kappa shape index (κ2) is 12.8. The van der Waals surface area contributed by atoms with Crippen LogP contribution in [0.15, 0.2) is 72.8 Å². The first kappa shape index (κ1) is 25.4. The molecule has 3 aromatic rings. The topological polar surface area (TPSA) is 66.1 Å². The number of para-hydroxylation sites is 2. The molecule has 2 N–H and O–H groups in total. The standard InChI is InChI=1S/C29H36N4O3/c1-35-25-13-14-26(23-9-4-3-5-10-23)24(21-25)22-31-29(34)30-15-8-16-32-17-19-33(20-18-32)27-11-6-7-12-28(27)36-2/h3-7,9-14,21H,8,15-20,22H2,1-2H3,(H2,30,31,34). The maximum atomic E-state index is 12.4. The summed E-state index contributed by atoms with van der Waals surface area (Å²) in [6, 6.07) is 24.2. The van der Waals surface area contributed by atoms with E-state index in [-0.39, 0.29) is 6.03 Å². The molecule has 1 aliphatic heterocycles. The van der Waals surface area contributed by atoms with Crippen LogP contribution in [0.3, 0.4) is 0 Å². The van der Waals surface area contributed by atoms with Crippen LogP contribution in [0.5, 0.6) is 11.5 Å². The van der Waals surface area contributed by atoms with Gasteiger partial charge < -0.3 is 25.0 Å². The summed E-state index contributed by atoms with van der Waals surface area (Å²) >= 11 is 0. The fourth-order valence-electron chi connectivity index (χ4n) is 4.59. The first-order valence-corrected chi connectivity index (χ1v) is 12.5. The summed E-state index contributed by atoms with van der Waals surface area (Å²) in [7, 11) is 3.37. The minimum atomic E-state index is -0.155. The molecule has 4 rings (SSSR count). The number of urea groups is 1. The van der Waals surface area contributed by atoms with Crippen LogP contribution in [0.2, 0.25) is 0 Å². The number of nitrogens with zero attached hydrogens (tertiary/aromatic N) is 2. The maximum Gasteiger partial charge on any atom is 0.315 e. The largest absolute Gasteiger partial charge is 0.497 e. The van der Waals surface area contributed by atoms with Crippen molar-refractivity contribution in [2.75, 3.05) is 58.4 Å². The summed E-state index contributed by atoms with van der Waals surface area (Å²) in [5.41, 5.74) is 4.38. The zero-order chi connectivity index (χ0) is 25.2. The average molecular weight is 489 g/mol. The molecule has 2 amide bonds. The Balaban J connectivity index is 1.19. The lowest BCUT2D eigenvalue weighted by molar-refractivity contribution is 0.235. The van der Waals surface area contributed by atoms with Crippen molar-refractivity contribution in [3.63, 3.8) is 0 Å². The van der Waals surface area contributed by atoms with Gasteiger partial charge in [-0.2, -0.15) is 0 Å². The Hall–Kier alpha value is -3.71. The number of amides is 2. The van der Waals surface area contributed by atoms with Crippen LogP contribution in [0, 0.1) is 0 Å². The lowest BCUT2D eigenvalue weighted by Crippen LogP contribution is -2.47. The Kier molecular flexibility index (Phi) is 9.05. The first-order chi connectivity index (χ1) is 17.7. The van der Waals surface area contributed by atoms with Crippen LogP contribution < -0.4 is 25.0 Å². The molecule has 0 spiro atoms. The second-order valence-electron chi connectivity index (χ2n) is 8.85. The number of hydrogen-bond donors (Lipinski definition) is 2. The number of anilines is 1. The van der Waals surface area contributed by atoms with Crippen molar-refractivity contribution in [2.24, 2.45) is 0 Å². The predicted molar refractivity (Wildman–Crippen MR) is 145 cm³/mol. The minimum Gasteiger partial charge on any atom is -0.497 e. The molecule has 0 unspecified atom stereocenters. The number of rotatable bonds is 10. The van der Waals surface area contributed by atoms with Crippen molar-refractivity contribution in [3.8, 4) is 22.6 Å². The molecule has 0 saturated carbocycles. The number of methoxy groups -OCH3 is 2. The van der Waals surface area contributed by atoms with Gasteiger partial charge in [-0.3, -0.25) is 4.90 Å². The molecule has 190 valence electrons. The van der Waals surface area contributed by atoms with Crippen molar-refractivity contribution in [3.05, 3.63) is 78.4 Å². The van der Waals surface area contributed by atoms with Crippen LogP contribution in [0.25, 0.3) is 11.1 Å². The van der Waals surface area contributed by atoms with Gasteiger partial charge in [-0.25, -0.2) is 4.79 Å². The van der Waals surface area contributed by atoms with E-state index in [0.717, 1.165) is 73.0 Å². The van der Waals surface area contributed by atoms with Crippen molar-refractivity contribution in [2.45, 2.75) is 13.0 Å². The summed E-state index contributed by atoms with van der Waals surface area (Å²) in [6.07, 6.45) is 0.913. The highest BCUT2D eigenvalue weighted by Gasteiger charge is 2.19. The molecular formula is C29H36N4O3. The van der Waals surface area contributed by atoms with Gasteiger partial charge in [0.05, 0.1) is 19.9 Å². The zero-order valence-corrected chi connectivity index (χ0v) is 21.2. The van der Waals surface area contributed by atoms with E-state index in [1.54, 1.807) is 14.2 Å². The van der Waals surface area contributed by atoms with E-state index in [1.165, 1.54) is 0 Å². The summed E-state index contributed by atoms with van der Waals surface area (Å²) in [6.45, 7) is 5.98. The van der Waals surface area contributed by atoms with Gasteiger partial charge in [0.2, 0.25) is 0 Å². The molecule has 0 atom stereocenters. The summed E-state index contributed by atoms with van der Waals surface area (Å²) in [4.78, 5) is 17.3. The van der Waals surface area contributed by atoms with Gasteiger partial charge in [-0.1, -0.05) is 48.5 Å². The van der Waals surface area contributed by atoms with Gasteiger partial charge in [0.15, 0.2) is 0 Å². The fraction of sp³-hybridized carbons (Fsp3) is 0.345. The van der Waals surface area contributed by atoms with Crippen molar-refractivity contribution in [1.82, 2.24) is 15.5 Å². The second-order valence-corrected chi connectivity index (χ2v) is 8.85. The normalized spacial score (nSPS) is 13.8. The third kappa shape index (κ3) is 6.70. The molecule has 0 aliphatic carbocycles. The molecule has 3 aromatic carbocycles. The summed E-state index contributed by atoms with van der Waals surface area (Å²) in [5, 5.41) is 5.99. The molecule has 0 bridgehead atoms. The average Bonchev–Trinajstić information content (AvgIpc) is 2.94. The number of nitrogens with one attached hydrogen (secondary N) is 2. The van der Waals surface area contributed by atoms with Crippen molar-refractivity contribution >= 4 is 11.7 Å². The molecule has 1 fully saturated rings. The Bertz CT molecular complexity index is 1110. The number of ether oxygens (including phenoxy) is 2. The van der Waals surface area contributed by atoms with Crippen LogP contribution in [0.4, 0.5) is 10.5 Å². The van der Waals surface area contributed by atoms with Crippen molar-refractivity contribution < 1.29 is 14.3 Å². The summed E-state index contributed by atoms with van der Waals surface area (Å²) in [5.74, 6) is 1.70. The smallest absolute Gasteiger partial charge is 0.315 e. The third-order valence-corrected chi connectivity index (χ3v) is 6.57. The van der Waals surface area contributed by atoms with Gasteiger partial charge in [-0.05, 0) is 53.9 Å². The van der Waals surface area contributed by atoms with Gasteiger partial charge in [0.1, 0.15) is 11.5 Å². The van der Waals surface area contributed by atoms with Crippen LogP contribution in [-0.4, -0.2) is 64.4 Å². The highest BCUT2D eigenvalue weighted by atomic mass is 16.5. The molecule has 0 aromatic heterocycles. The zero-order valence-electron chi connectivity index (χ0n) is 21.2. The quantitative estimate of drug-likeness (QED) is 0.415. The Morgan fingerprint density at radius 2 is 1.61 bits per heavy atom. The molecule has 7 nitrogen and oxygen atoms in total. The SMILES string of the molecule is COc1ccc(-c2ccccc2)c(CNC(=O)NCCCN2CCN(c3ccccc3OC)CC2)c1. The lowest BCUT2D eigenvalue weighted by Gasteiger charge is -2.36. The molecule has 1 saturated heterocycles. The monoisotopic (exact) mass is 488 g/mol. The molecule has 36 heavy (non-hydrogen) atoms. The third-order valence-electron chi connectivity index (χ3n) is 6.57. The Labute approximate surface area is 214 Å². The van der Waals surface area contributed by atoms with Crippen LogP contribution >= 0.6 is 0 Å². The van der Waals surface area contributed by atoms with Gasteiger partial charge >= 0.3 is 6.03 Å². The molecule has 1 aliphatic rings. The number of piperazine rings is 1. The van der Waals surface area contributed by atoms with Crippen LogP contribution in [-0.2, 0) is 6.54 Å². The van der Waals surface area contributed by atoms with E-state index < -0.39 is 0 Å². The predicted octanol–water partition coefficient (Wildman–Crippen LogP) is 4.38. The van der Waals surface area contributed by atoms with E-state index in [2.05, 4.69) is 44.7 Å². The highest BCUT2D eigenvalue weighted by Crippen LogP contribution is 2.29. The fourth-order valence-corrected chi connectivity index (χ4v) is 4.59. The van der Waals surface area contributed by atoms with E-state index in [0.29, 0.717) is 13.1 Å². The van der Waals surface area contributed by atoms with Crippen LogP contribution in [0.1, 0.15) is 12.0 Å².